The predicted octanol–water partition coefficient (Wildman–Crippen LogP) is 2.39. The van der Waals surface area contributed by atoms with Gasteiger partial charge in [0.05, 0.1) is 0 Å². The molecule has 1 aromatic carbocycles. The van der Waals surface area contributed by atoms with Crippen LogP contribution in [-0.4, -0.2) is 30.0 Å². The van der Waals surface area contributed by atoms with Crippen molar-refractivity contribution in [3.05, 3.63) is 23.8 Å². The van der Waals surface area contributed by atoms with Crippen molar-refractivity contribution in [2.24, 2.45) is 0 Å². The third-order valence-corrected chi connectivity index (χ3v) is 3.04. The van der Waals surface area contributed by atoms with Gasteiger partial charge in [0.15, 0.2) is 11.5 Å². The van der Waals surface area contributed by atoms with Gasteiger partial charge in [0.1, 0.15) is 0 Å². The SMILES string of the molecule is CCN(Cc1ccc2c(c1)OCO2)C(=O)CCCl. The lowest BCUT2D eigenvalue weighted by molar-refractivity contribution is -0.131. The van der Waals surface area contributed by atoms with E-state index < -0.39 is 0 Å². The second-order valence-electron chi connectivity index (χ2n) is 4.03. The molecule has 0 unspecified atom stereocenters. The number of alkyl halides is 1. The van der Waals surface area contributed by atoms with E-state index in [1.54, 1.807) is 4.90 Å². The Morgan fingerprint density at radius 2 is 2.17 bits per heavy atom. The van der Waals surface area contributed by atoms with Crippen LogP contribution in [0.5, 0.6) is 11.5 Å². The van der Waals surface area contributed by atoms with Gasteiger partial charge < -0.3 is 14.4 Å². The lowest BCUT2D eigenvalue weighted by atomic mass is 10.2. The lowest BCUT2D eigenvalue weighted by Gasteiger charge is -2.20. The van der Waals surface area contributed by atoms with E-state index in [9.17, 15) is 4.79 Å². The Morgan fingerprint density at radius 3 is 2.89 bits per heavy atom. The van der Waals surface area contributed by atoms with Crippen molar-refractivity contribution in [2.45, 2.75) is 19.9 Å². The van der Waals surface area contributed by atoms with Crippen LogP contribution in [0.2, 0.25) is 0 Å². The second kappa shape index (κ2) is 5.96. The lowest BCUT2D eigenvalue weighted by Crippen LogP contribution is -2.30. The molecule has 1 amide bonds. The van der Waals surface area contributed by atoms with E-state index in [0.717, 1.165) is 17.1 Å². The molecule has 1 aliphatic rings. The molecule has 0 spiro atoms. The summed E-state index contributed by atoms with van der Waals surface area (Å²) >= 11 is 5.59. The third-order valence-electron chi connectivity index (χ3n) is 2.85. The van der Waals surface area contributed by atoms with Crippen molar-refractivity contribution < 1.29 is 14.3 Å². The number of halogens is 1. The van der Waals surface area contributed by atoms with Crippen molar-refractivity contribution >= 4 is 17.5 Å². The summed E-state index contributed by atoms with van der Waals surface area (Å²) in [6.45, 7) is 3.47. The zero-order valence-electron chi connectivity index (χ0n) is 10.3. The smallest absolute Gasteiger partial charge is 0.231 e. The largest absolute Gasteiger partial charge is 0.454 e. The Morgan fingerprint density at radius 1 is 1.39 bits per heavy atom. The van der Waals surface area contributed by atoms with E-state index in [4.69, 9.17) is 21.1 Å². The molecule has 0 saturated heterocycles. The van der Waals surface area contributed by atoms with Gasteiger partial charge in [-0.05, 0) is 24.6 Å². The molecule has 0 fully saturated rings. The van der Waals surface area contributed by atoms with Crippen LogP contribution < -0.4 is 9.47 Å². The number of rotatable bonds is 5. The number of benzene rings is 1. The fourth-order valence-corrected chi connectivity index (χ4v) is 2.04. The van der Waals surface area contributed by atoms with Crippen molar-refractivity contribution in [3.63, 3.8) is 0 Å². The second-order valence-corrected chi connectivity index (χ2v) is 4.41. The summed E-state index contributed by atoms with van der Waals surface area (Å²) in [5.41, 5.74) is 1.03. The number of carbonyl (C=O) groups excluding carboxylic acids is 1. The number of nitrogens with zero attached hydrogens (tertiary/aromatic N) is 1. The predicted molar refractivity (Wildman–Crippen MR) is 69.0 cm³/mol. The van der Waals surface area contributed by atoms with Crippen molar-refractivity contribution in [1.82, 2.24) is 4.90 Å². The van der Waals surface area contributed by atoms with E-state index in [-0.39, 0.29) is 12.7 Å². The van der Waals surface area contributed by atoms with Crippen LogP contribution in [0.25, 0.3) is 0 Å². The first kappa shape index (κ1) is 13.0. The van der Waals surface area contributed by atoms with Gasteiger partial charge in [0.2, 0.25) is 12.7 Å². The molecule has 0 saturated carbocycles. The van der Waals surface area contributed by atoms with E-state index in [1.165, 1.54) is 0 Å². The summed E-state index contributed by atoms with van der Waals surface area (Å²) in [4.78, 5) is 13.6. The number of hydrogen-bond acceptors (Lipinski definition) is 3. The minimum atomic E-state index is 0.0742. The minimum Gasteiger partial charge on any atom is -0.454 e. The Labute approximate surface area is 111 Å². The van der Waals surface area contributed by atoms with Crippen LogP contribution in [0, 0.1) is 0 Å². The molecule has 0 N–H and O–H groups in total. The minimum absolute atomic E-state index is 0.0742. The van der Waals surface area contributed by atoms with E-state index in [1.807, 2.05) is 25.1 Å². The van der Waals surface area contributed by atoms with Crippen LogP contribution in [-0.2, 0) is 11.3 Å². The van der Waals surface area contributed by atoms with Crippen molar-refractivity contribution in [2.75, 3.05) is 19.2 Å². The van der Waals surface area contributed by atoms with Crippen molar-refractivity contribution in [1.29, 1.82) is 0 Å². The highest BCUT2D eigenvalue weighted by atomic mass is 35.5. The molecule has 98 valence electrons. The number of carbonyl (C=O) groups is 1. The van der Waals surface area contributed by atoms with Gasteiger partial charge in [-0.1, -0.05) is 6.07 Å². The molecule has 0 radical (unpaired) electrons. The summed E-state index contributed by atoms with van der Waals surface area (Å²) in [5, 5.41) is 0. The average molecular weight is 270 g/mol. The molecule has 1 heterocycles. The molecule has 5 heteroatoms. The molecule has 18 heavy (non-hydrogen) atoms. The molecule has 4 nitrogen and oxygen atoms in total. The van der Waals surface area contributed by atoms with Crippen LogP contribution in [0.4, 0.5) is 0 Å². The zero-order chi connectivity index (χ0) is 13.0. The normalized spacial score (nSPS) is 12.6. The maximum Gasteiger partial charge on any atom is 0.231 e. The Hall–Kier alpha value is -1.42. The van der Waals surface area contributed by atoms with Gasteiger partial charge in [0.25, 0.3) is 0 Å². The molecular formula is C13H16ClNO3. The first-order chi connectivity index (χ1) is 8.74. The molecular weight excluding hydrogens is 254 g/mol. The summed E-state index contributed by atoms with van der Waals surface area (Å²) in [6.07, 6.45) is 0.375. The number of amides is 1. The summed E-state index contributed by atoms with van der Waals surface area (Å²) in [7, 11) is 0. The average Bonchev–Trinajstić information content (AvgIpc) is 2.83. The maximum absolute atomic E-state index is 11.8. The van der Waals surface area contributed by atoms with E-state index in [2.05, 4.69) is 0 Å². The van der Waals surface area contributed by atoms with Crippen LogP contribution >= 0.6 is 11.6 Å². The van der Waals surface area contributed by atoms with Crippen LogP contribution in [0.1, 0.15) is 18.9 Å². The fraction of sp³-hybridized carbons (Fsp3) is 0.462. The van der Waals surface area contributed by atoms with Gasteiger partial charge in [-0.2, -0.15) is 0 Å². The highest BCUT2D eigenvalue weighted by Gasteiger charge is 2.16. The molecule has 0 aliphatic carbocycles. The third kappa shape index (κ3) is 2.88. The van der Waals surface area contributed by atoms with Gasteiger partial charge in [0, 0.05) is 25.4 Å². The topological polar surface area (TPSA) is 38.8 Å². The van der Waals surface area contributed by atoms with E-state index >= 15 is 0 Å². The Balaban J connectivity index is 2.05. The van der Waals surface area contributed by atoms with Gasteiger partial charge in [-0.15, -0.1) is 11.6 Å². The summed E-state index contributed by atoms with van der Waals surface area (Å²) in [6, 6.07) is 5.74. The van der Waals surface area contributed by atoms with Gasteiger partial charge in [-0.25, -0.2) is 0 Å². The maximum atomic E-state index is 11.8. The zero-order valence-corrected chi connectivity index (χ0v) is 11.1. The Bertz CT molecular complexity index is 436. The van der Waals surface area contributed by atoms with Crippen LogP contribution in [0.3, 0.4) is 0 Å². The van der Waals surface area contributed by atoms with Crippen molar-refractivity contribution in [3.8, 4) is 11.5 Å². The standard InChI is InChI=1S/C13H16ClNO3/c1-2-15(13(16)5-6-14)8-10-3-4-11-12(7-10)18-9-17-11/h3-4,7H,2,5-6,8-9H2,1H3. The van der Waals surface area contributed by atoms with Gasteiger partial charge in [-0.3, -0.25) is 4.79 Å². The first-order valence-corrected chi connectivity index (χ1v) is 6.50. The number of fused-ring (bicyclic) bond motifs is 1. The molecule has 0 aromatic heterocycles. The summed E-state index contributed by atoms with van der Waals surface area (Å²) in [5.74, 6) is 1.93. The number of hydrogen-bond donors (Lipinski definition) is 0. The van der Waals surface area contributed by atoms with Gasteiger partial charge >= 0.3 is 0 Å². The quantitative estimate of drug-likeness (QED) is 0.771. The molecule has 2 rings (SSSR count). The highest BCUT2D eigenvalue weighted by molar-refractivity contribution is 6.18. The first-order valence-electron chi connectivity index (χ1n) is 5.97. The van der Waals surface area contributed by atoms with E-state index in [0.29, 0.717) is 25.4 Å². The highest BCUT2D eigenvalue weighted by Crippen LogP contribution is 2.32. The molecule has 0 atom stereocenters. The number of ether oxygens (including phenoxy) is 2. The molecule has 1 aliphatic heterocycles. The van der Waals surface area contributed by atoms with Crippen LogP contribution in [0.15, 0.2) is 18.2 Å². The molecule has 0 bridgehead atoms. The summed E-state index contributed by atoms with van der Waals surface area (Å²) < 4.78 is 10.6. The monoisotopic (exact) mass is 269 g/mol. The molecule has 1 aromatic rings. The Kier molecular flexibility index (Phi) is 4.31. The fourth-order valence-electron chi connectivity index (χ4n) is 1.87.